The average Bonchev–Trinajstić information content (AvgIpc) is 3.26. The standard InChI is InChI=1S/C25H20BrN3O3/c1-16-7-5-6-10-18(16)24-19(15-29(28-24)17-8-3-2-4-9-17)25(30)27-21-14-23-22(13-20(21)26)31-11-12-32-23/h2-10,13-15H,11-12H2,1H3,(H,27,30). The molecule has 5 rings (SSSR count). The van der Waals surface area contributed by atoms with Crippen molar-refractivity contribution >= 4 is 27.5 Å². The number of carbonyl (C=O) groups is 1. The molecule has 3 aromatic carbocycles. The smallest absolute Gasteiger partial charge is 0.259 e. The van der Waals surface area contributed by atoms with Crippen LogP contribution < -0.4 is 14.8 Å². The Bertz CT molecular complexity index is 1300. The van der Waals surface area contributed by atoms with Crippen molar-refractivity contribution in [2.24, 2.45) is 0 Å². The molecule has 1 amide bonds. The highest BCUT2D eigenvalue weighted by atomic mass is 79.9. The van der Waals surface area contributed by atoms with Crippen LogP contribution in [0.15, 0.2) is 77.4 Å². The van der Waals surface area contributed by atoms with Gasteiger partial charge in [-0.3, -0.25) is 4.79 Å². The van der Waals surface area contributed by atoms with Gasteiger partial charge in [0, 0.05) is 28.4 Å². The summed E-state index contributed by atoms with van der Waals surface area (Å²) in [5.74, 6) is 0.996. The maximum absolute atomic E-state index is 13.4. The van der Waals surface area contributed by atoms with E-state index in [-0.39, 0.29) is 5.91 Å². The lowest BCUT2D eigenvalue weighted by molar-refractivity contribution is 0.102. The summed E-state index contributed by atoms with van der Waals surface area (Å²) in [4.78, 5) is 13.4. The number of nitrogens with one attached hydrogen (secondary N) is 1. The van der Waals surface area contributed by atoms with Gasteiger partial charge >= 0.3 is 0 Å². The minimum absolute atomic E-state index is 0.261. The molecular formula is C25H20BrN3O3. The third kappa shape index (κ3) is 3.87. The number of benzene rings is 3. The Hall–Kier alpha value is -3.58. The average molecular weight is 490 g/mol. The number of hydrogen-bond acceptors (Lipinski definition) is 4. The van der Waals surface area contributed by atoms with Crippen LogP contribution in [0, 0.1) is 6.92 Å². The van der Waals surface area contributed by atoms with Crippen LogP contribution in [0.4, 0.5) is 5.69 Å². The maximum Gasteiger partial charge on any atom is 0.259 e. The van der Waals surface area contributed by atoms with Crippen LogP contribution in [0.5, 0.6) is 11.5 Å². The summed E-state index contributed by atoms with van der Waals surface area (Å²) in [5, 5.41) is 7.76. The number of nitrogens with zero attached hydrogens (tertiary/aromatic N) is 2. The van der Waals surface area contributed by atoms with Gasteiger partial charge in [-0.2, -0.15) is 5.10 Å². The molecule has 1 aliphatic rings. The number of rotatable bonds is 4. The molecule has 0 bridgehead atoms. The zero-order valence-electron chi connectivity index (χ0n) is 17.3. The van der Waals surface area contributed by atoms with Gasteiger partial charge in [0.2, 0.25) is 0 Å². The van der Waals surface area contributed by atoms with Crippen LogP contribution in [-0.4, -0.2) is 28.9 Å². The Kier molecular flexibility index (Phi) is 5.41. The quantitative estimate of drug-likeness (QED) is 0.403. The zero-order chi connectivity index (χ0) is 22.1. The molecule has 4 aromatic rings. The summed E-state index contributed by atoms with van der Waals surface area (Å²) in [6, 6.07) is 21.2. The highest BCUT2D eigenvalue weighted by Crippen LogP contribution is 2.38. The Morgan fingerprint density at radius 2 is 1.69 bits per heavy atom. The van der Waals surface area contributed by atoms with Crippen molar-refractivity contribution in [3.63, 3.8) is 0 Å². The number of anilines is 1. The lowest BCUT2D eigenvalue weighted by Crippen LogP contribution is -2.17. The van der Waals surface area contributed by atoms with E-state index in [1.165, 1.54) is 0 Å². The molecule has 0 saturated carbocycles. The van der Waals surface area contributed by atoms with E-state index in [4.69, 9.17) is 14.6 Å². The van der Waals surface area contributed by atoms with E-state index < -0.39 is 0 Å². The second-order valence-corrected chi connectivity index (χ2v) is 8.27. The first-order valence-corrected chi connectivity index (χ1v) is 11.0. The number of aromatic nitrogens is 2. The molecule has 1 aliphatic heterocycles. The summed E-state index contributed by atoms with van der Waals surface area (Å²) in [5.41, 5.74) is 4.53. The van der Waals surface area contributed by atoms with Crippen molar-refractivity contribution in [2.45, 2.75) is 6.92 Å². The fourth-order valence-electron chi connectivity index (χ4n) is 3.64. The van der Waals surface area contributed by atoms with Crippen LogP contribution in [0.25, 0.3) is 16.9 Å². The number of ether oxygens (including phenoxy) is 2. The molecule has 2 heterocycles. The minimum atomic E-state index is -0.261. The van der Waals surface area contributed by atoms with E-state index in [9.17, 15) is 4.79 Å². The maximum atomic E-state index is 13.4. The van der Waals surface area contributed by atoms with Crippen LogP contribution >= 0.6 is 15.9 Å². The van der Waals surface area contributed by atoms with E-state index in [1.54, 1.807) is 23.0 Å². The SMILES string of the molecule is Cc1ccccc1-c1nn(-c2ccccc2)cc1C(=O)Nc1cc2c(cc1Br)OCCO2. The van der Waals surface area contributed by atoms with Gasteiger partial charge in [-0.25, -0.2) is 4.68 Å². The normalized spacial score (nSPS) is 12.4. The first-order valence-electron chi connectivity index (χ1n) is 10.2. The second kappa shape index (κ2) is 8.51. The van der Waals surface area contributed by atoms with Crippen molar-refractivity contribution in [1.82, 2.24) is 9.78 Å². The molecule has 1 aromatic heterocycles. The van der Waals surface area contributed by atoms with E-state index in [2.05, 4.69) is 21.2 Å². The number of carbonyl (C=O) groups excluding carboxylic acids is 1. The van der Waals surface area contributed by atoms with Crippen molar-refractivity contribution < 1.29 is 14.3 Å². The fraction of sp³-hybridized carbons (Fsp3) is 0.120. The summed E-state index contributed by atoms with van der Waals surface area (Å²) >= 11 is 3.52. The molecule has 160 valence electrons. The molecule has 0 unspecified atom stereocenters. The molecule has 0 atom stereocenters. The molecule has 6 nitrogen and oxygen atoms in total. The Morgan fingerprint density at radius 3 is 2.44 bits per heavy atom. The van der Waals surface area contributed by atoms with Crippen molar-refractivity contribution in [1.29, 1.82) is 0 Å². The van der Waals surface area contributed by atoms with Crippen LogP contribution in [0.3, 0.4) is 0 Å². The van der Waals surface area contributed by atoms with E-state index in [0.29, 0.717) is 46.1 Å². The second-order valence-electron chi connectivity index (χ2n) is 7.42. The molecule has 7 heteroatoms. The van der Waals surface area contributed by atoms with Gasteiger partial charge in [-0.15, -0.1) is 0 Å². The molecule has 1 N–H and O–H groups in total. The topological polar surface area (TPSA) is 65.4 Å². The van der Waals surface area contributed by atoms with Gasteiger partial charge in [-0.05, 0) is 40.5 Å². The lowest BCUT2D eigenvalue weighted by Gasteiger charge is -2.20. The predicted octanol–water partition coefficient (Wildman–Crippen LogP) is 5.63. The van der Waals surface area contributed by atoms with Crippen molar-refractivity contribution in [3.05, 3.63) is 88.5 Å². The first kappa shape index (κ1) is 20.3. The summed E-state index contributed by atoms with van der Waals surface area (Å²) in [6.45, 7) is 2.99. The summed E-state index contributed by atoms with van der Waals surface area (Å²) in [7, 11) is 0. The van der Waals surface area contributed by atoms with Gasteiger partial charge in [0.25, 0.3) is 5.91 Å². The fourth-order valence-corrected chi connectivity index (χ4v) is 4.06. The molecular weight excluding hydrogens is 470 g/mol. The molecule has 32 heavy (non-hydrogen) atoms. The Balaban J connectivity index is 1.56. The van der Waals surface area contributed by atoms with Crippen LogP contribution in [0.1, 0.15) is 15.9 Å². The third-order valence-electron chi connectivity index (χ3n) is 5.26. The summed E-state index contributed by atoms with van der Waals surface area (Å²) in [6.07, 6.45) is 1.76. The summed E-state index contributed by atoms with van der Waals surface area (Å²) < 4.78 is 13.7. The van der Waals surface area contributed by atoms with E-state index >= 15 is 0 Å². The molecule has 0 aliphatic carbocycles. The number of aryl methyl sites for hydroxylation is 1. The molecule has 0 spiro atoms. The number of fused-ring (bicyclic) bond motifs is 1. The number of hydrogen-bond donors (Lipinski definition) is 1. The van der Waals surface area contributed by atoms with Crippen molar-refractivity contribution in [3.8, 4) is 28.4 Å². The molecule has 0 fully saturated rings. The van der Waals surface area contributed by atoms with Crippen molar-refractivity contribution in [2.75, 3.05) is 18.5 Å². The Labute approximate surface area is 193 Å². The van der Waals surface area contributed by atoms with Gasteiger partial charge < -0.3 is 14.8 Å². The van der Waals surface area contributed by atoms with Gasteiger partial charge in [0.05, 0.1) is 16.9 Å². The Morgan fingerprint density at radius 1 is 1.00 bits per heavy atom. The zero-order valence-corrected chi connectivity index (χ0v) is 18.9. The highest BCUT2D eigenvalue weighted by Gasteiger charge is 2.22. The van der Waals surface area contributed by atoms with Gasteiger partial charge in [-0.1, -0.05) is 42.5 Å². The lowest BCUT2D eigenvalue weighted by atomic mass is 10.0. The third-order valence-corrected chi connectivity index (χ3v) is 5.92. The van der Waals surface area contributed by atoms with Crippen LogP contribution in [-0.2, 0) is 0 Å². The minimum Gasteiger partial charge on any atom is -0.486 e. The number of amides is 1. The van der Waals surface area contributed by atoms with Crippen LogP contribution in [0.2, 0.25) is 0 Å². The number of halogens is 1. The van der Waals surface area contributed by atoms with Gasteiger partial charge in [0.15, 0.2) is 11.5 Å². The monoisotopic (exact) mass is 489 g/mol. The predicted molar refractivity (Wildman–Crippen MR) is 127 cm³/mol. The van der Waals surface area contributed by atoms with E-state index in [0.717, 1.165) is 16.8 Å². The molecule has 0 saturated heterocycles. The first-order chi connectivity index (χ1) is 15.6. The van der Waals surface area contributed by atoms with E-state index in [1.807, 2.05) is 61.5 Å². The van der Waals surface area contributed by atoms with Gasteiger partial charge in [0.1, 0.15) is 18.9 Å². The largest absolute Gasteiger partial charge is 0.486 e. The number of para-hydroxylation sites is 1. The molecule has 0 radical (unpaired) electrons. The highest BCUT2D eigenvalue weighted by molar-refractivity contribution is 9.10.